The van der Waals surface area contributed by atoms with E-state index in [1.165, 1.54) is 7.05 Å². The van der Waals surface area contributed by atoms with Crippen molar-refractivity contribution in [1.82, 2.24) is 14.7 Å². The number of carbonyl (C=O) groups is 5. The summed E-state index contributed by atoms with van der Waals surface area (Å²) >= 11 is 0. The van der Waals surface area contributed by atoms with Crippen LogP contribution in [0.5, 0.6) is 0 Å². The van der Waals surface area contributed by atoms with Crippen LogP contribution < -0.4 is 5.32 Å². The fourth-order valence-corrected chi connectivity index (χ4v) is 4.62. The number of imide groups is 2. The zero-order chi connectivity index (χ0) is 28.5. The van der Waals surface area contributed by atoms with Gasteiger partial charge in [0.2, 0.25) is 5.91 Å². The molecular formula is C29H34N4O6. The lowest BCUT2D eigenvalue weighted by Gasteiger charge is -2.32. The molecule has 206 valence electrons. The van der Waals surface area contributed by atoms with Crippen LogP contribution in [0.25, 0.3) is 0 Å². The van der Waals surface area contributed by atoms with Crippen molar-refractivity contribution >= 4 is 35.4 Å². The van der Waals surface area contributed by atoms with Crippen LogP contribution in [0, 0.1) is 0 Å². The quantitative estimate of drug-likeness (QED) is 0.541. The average molecular weight is 535 g/mol. The van der Waals surface area contributed by atoms with Crippen LogP contribution in [0.3, 0.4) is 0 Å². The molecule has 0 aliphatic carbocycles. The van der Waals surface area contributed by atoms with Crippen LogP contribution >= 0.6 is 0 Å². The smallest absolute Gasteiger partial charge is 0.410 e. The number of nitrogens with one attached hydrogen (secondary N) is 1. The molecule has 0 radical (unpaired) electrons. The van der Waals surface area contributed by atoms with Crippen molar-refractivity contribution in [2.24, 2.45) is 0 Å². The minimum Gasteiger partial charge on any atom is -0.444 e. The standard InChI is InChI=1S/C29H34N4O6/c1-29(2,3)39-28(38)31(4)16-15-18-9-11-19(12-10-18)17-30-21-8-6-7-20-24(21)27(37)33(25(20)35)22-13-14-23(34)32(5)26(22)36/h6-12,22,30H,13-17H2,1-5H3. The van der Waals surface area contributed by atoms with Crippen LogP contribution in [0.2, 0.25) is 0 Å². The fraction of sp³-hybridized carbons (Fsp3) is 0.414. The molecule has 1 saturated heterocycles. The van der Waals surface area contributed by atoms with Crippen LogP contribution in [0.15, 0.2) is 42.5 Å². The molecule has 1 atom stereocenters. The molecule has 5 amide bonds. The van der Waals surface area contributed by atoms with E-state index in [1.54, 1.807) is 30.1 Å². The molecule has 39 heavy (non-hydrogen) atoms. The molecule has 2 aromatic carbocycles. The van der Waals surface area contributed by atoms with Crippen LogP contribution in [-0.2, 0) is 27.3 Å². The fourth-order valence-electron chi connectivity index (χ4n) is 4.62. The average Bonchev–Trinajstić information content (AvgIpc) is 3.14. The zero-order valence-corrected chi connectivity index (χ0v) is 22.9. The number of ether oxygens (including phenoxy) is 1. The summed E-state index contributed by atoms with van der Waals surface area (Å²) in [5.74, 6) is -1.94. The first-order valence-corrected chi connectivity index (χ1v) is 12.9. The first kappa shape index (κ1) is 27.8. The Kier molecular flexibility index (Phi) is 7.76. The van der Waals surface area contributed by atoms with E-state index in [-0.39, 0.29) is 36.0 Å². The number of rotatable bonds is 7. The van der Waals surface area contributed by atoms with Gasteiger partial charge in [-0.15, -0.1) is 0 Å². The highest BCUT2D eigenvalue weighted by Crippen LogP contribution is 2.33. The van der Waals surface area contributed by atoms with E-state index in [9.17, 15) is 24.0 Å². The number of fused-ring (bicyclic) bond motifs is 1. The zero-order valence-electron chi connectivity index (χ0n) is 22.9. The molecule has 0 spiro atoms. The lowest BCUT2D eigenvalue weighted by Crippen LogP contribution is -2.54. The van der Waals surface area contributed by atoms with Crippen molar-refractivity contribution in [1.29, 1.82) is 0 Å². The van der Waals surface area contributed by atoms with Crippen molar-refractivity contribution in [3.05, 3.63) is 64.7 Å². The molecule has 10 heteroatoms. The summed E-state index contributed by atoms with van der Waals surface area (Å²) in [6.07, 6.45) is 0.524. The van der Waals surface area contributed by atoms with Crippen LogP contribution in [0.1, 0.15) is 65.5 Å². The molecule has 1 unspecified atom stereocenters. The predicted molar refractivity (Wildman–Crippen MR) is 144 cm³/mol. The number of amides is 5. The second kappa shape index (κ2) is 10.9. The van der Waals surface area contributed by atoms with E-state index in [0.29, 0.717) is 25.2 Å². The van der Waals surface area contributed by atoms with Crippen LogP contribution in [0.4, 0.5) is 10.5 Å². The third-order valence-electron chi connectivity index (χ3n) is 6.83. The van der Waals surface area contributed by atoms with Gasteiger partial charge < -0.3 is 15.0 Å². The number of carbonyl (C=O) groups excluding carboxylic acids is 5. The SMILES string of the molecule is CN(CCc1ccc(CNc2cccc3c2C(=O)N(C2CCC(=O)N(C)C2=O)C3=O)cc1)C(=O)OC(C)(C)C. The highest BCUT2D eigenvalue weighted by atomic mass is 16.6. The van der Waals surface area contributed by atoms with Gasteiger partial charge in [-0.25, -0.2) is 4.79 Å². The predicted octanol–water partition coefficient (Wildman–Crippen LogP) is 3.45. The molecule has 4 rings (SSSR count). The Hall–Kier alpha value is -4.21. The highest BCUT2D eigenvalue weighted by molar-refractivity contribution is 6.25. The van der Waals surface area contributed by atoms with Gasteiger partial charge in [-0.1, -0.05) is 30.3 Å². The number of anilines is 1. The lowest BCUT2D eigenvalue weighted by molar-refractivity contribution is -0.149. The van der Waals surface area contributed by atoms with Gasteiger partial charge >= 0.3 is 6.09 Å². The van der Waals surface area contributed by atoms with Crippen LogP contribution in [-0.4, -0.2) is 76.7 Å². The normalized spacial score (nSPS) is 17.4. The second-order valence-electron chi connectivity index (χ2n) is 10.9. The summed E-state index contributed by atoms with van der Waals surface area (Å²) in [5.41, 5.74) is 2.46. The molecule has 1 fully saturated rings. The van der Waals surface area contributed by atoms with E-state index in [0.717, 1.165) is 20.9 Å². The van der Waals surface area contributed by atoms with E-state index in [2.05, 4.69) is 5.32 Å². The monoisotopic (exact) mass is 534 g/mol. The Balaban J connectivity index is 1.39. The van der Waals surface area contributed by atoms with Gasteiger partial charge in [0.05, 0.1) is 11.1 Å². The van der Waals surface area contributed by atoms with Crippen molar-refractivity contribution in [3.8, 4) is 0 Å². The molecule has 0 aromatic heterocycles. The largest absolute Gasteiger partial charge is 0.444 e. The van der Waals surface area contributed by atoms with Gasteiger partial charge in [-0.2, -0.15) is 0 Å². The topological polar surface area (TPSA) is 116 Å². The molecule has 10 nitrogen and oxygen atoms in total. The second-order valence-corrected chi connectivity index (χ2v) is 10.9. The minimum atomic E-state index is -0.991. The first-order valence-electron chi connectivity index (χ1n) is 12.9. The first-order chi connectivity index (χ1) is 18.4. The number of likely N-dealkylation sites (tertiary alicyclic amines) is 1. The maximum Gasteiger partial charge on any atom is 0.410 e. The van der Waals surface area contributed by atoms with Crippen molar-refractivity contribution < 1.29 is 28.7 Å². The number of hydrogen-bond acceptors (Lipinski definition) is 7. The summed E-state index contributed by atoms with van der Waals surface area (Å²) in [6, 6.07) is 11.9. The Morgan fingerprint density at radius 2 is 1.69 bits per heavy atom. The maximum absolute atomic E-state index is 13.3. The Bertz CT molecular complexity index is 1310. The van der Waals surface area contributed by atoms with Gasteiger partial charge in [0.25, 0.3) is 17.7 Å². The molecule has 2 aliphatic heterocycles. The summed E-state index contributed by atoms with van der Waals surface area (Å²) in [7, 11) is 3.08. The lowest BCUT2D eigenvalue weighted by atomic mass is 10.0. The molecule has 0 bridgehead atoms. The third-order valence-corrected chi connectivity index (χ3v) is 6.83. The van der Waals surface area contributed by atoms with Gasteiger partial charge in [0, 0.05) is 39.3 Å². The van der Waals surface area contributed by atoms with Crippen molar-refractivity contribution in [2.45, 2.75) is 58.2 Å². The minimum absolute atomic E-state index is 0.0959. The van der Waals surface area contributed by atoms with Gasteiger partial charge in [-0.3, -0.25) is 29.0 Å². The molecule has 2 aliphatic rings. The Morgan fingerprint density at radius 3 is 2.36 bits per heavy atom. The summed E-state index contributed by atoms with van der Waals surface area (Å²) in [4.78, 5) is 66.7. The third kappa shape index (κ3) is 5.94. The van der Waals surface area contributed by atoms with E-state index in [4.69, 9.17) is 4.74 Å². The van der Waals surface area contributed by atoms with Crippen molar-refractivity contribution in [2.75, 3.05) is 26.0 Å². The van der Waals surface area contributed by atoms with Gasteiger partial charge in [0.1, 0.15) is 11.6 Å². The number of likely N-dealkylation sites (N-methyl/N-ethyl adjacent to an activating group) is 2. The van der Waals surface area contributed by atoms with E-state index in [1.807, 2.05) is 45.0 Å². The van der Waals surface area contributed by atoms with Crippen molar-refractivity contribution in [3.63, 3.8) is 0 Å². The summed E-state index contributed by atoms with van der Waals surface area (Å²) < 4.78 is 5.38. The number of hydrogen-bond donors (Lipinski definition) is 1. The summed E-state index contributed by atoms with van der Waals surface area (Å²) in [5, 5.41) is 3.25. The Morgan fingerprint density at radius 1 is 1.03 bits per heavy atom. The van der Waals surface area contributed by atoms with Gasteiger partial charge in [0.15, 0.2) is 0 Å². The molecular weight excluding hydrogens is 500 g/mol. The number of benzene rings is 2. The molecule has 0 saturated carbocycles. The summed E-state index contributed by atoms with van der Waals surface area (Å²) in [6.45, 7) is 6.42. The molecule has 1 N–H and O–H groups in total. The highest BCUT2D eigenvalue weighted by Gasteiger charge is 2.47. The molecule has 2 aromatic rings. The number of nitrogens with zero attached hydrogens (tertiary/aromatic N) is 3. The Labute approximate surface area is 227 Å². The molecule has 2 heterocycles. The van der Waals surface area contributed by atoms with Gasteiger partial charge in [-0.05, 0) is 56.9 Å². The van der Waals surface area contributed by atoms with E-state index >= 15 is 0 Å². The van der Waals surface area contributed by atoms with E-state index < -0.39 is 29.4 Å². The number of piperidine rings is 1. The maximum atomic E-state index is 13.3.